The lowest BCUT2D eigenvalue weighted by Gasteiger charge is -2.32. The van der Waals surface area contributed by atoms with Crippen LogP contribution in [0.5, 0.6) is 0 Å². The highest BCUT2D eigenvalue weighted by molar-refractivity contribution is 4.81. The van der Waals surface area contributed by atoms with Crippen molar-refractivity contribution in [2.24, 2.45) is 5.73 Å². The second kappa shape index (κ2) is 5.83. The Balaban J connectivity index is 2.25. The maximum Gasteiger partial charge on any atom is 0.0701 e. The van der Waals surface area contributed by atoms with Crippen LogP contribution >= 0.6 is 0 Å². The van der Waals surface area contributed by atoms with E-state index < -0.39 is 0 Å². The van der Waals surface area contributed by atoms with E-state index in [-0.39, 0.29) is 5.54 Å². The number of nitrogens with zero attached hydrogens (tertiary/aromatic N) is 1. The van der Waals surface area contributed by atoms with Crippen LogP contribution in [0.2, 0.25) is 0 Å². The van der Waals surface area contributed by atoms with Crippen molar-refractivity contribution in [1.29, 1.82) is 0 Å². The van der Waals surface area contributed by atoms with E-state index in [1.54, 1.807) is 0 Å². The molecule has 0 aliphatic carbocycles. The number of hydrogen-bond acceptors (Lipinski definition) is 3. The highest BCUT2D eigenvalue weighted by Gasteiger charge is 2.21. The van der Waals surface area contributed by atoms with Gasteiger partial charge in [0.15, 0.2) is 0 Å². The molecule has 0 aromatic carbocycles. The van der Waals surface area contributed by atoms with Gasteiger partial charge in [0.05, 0.1) is 6.10 Å². The molecule has 2 N–H and O–H groups in total. The molecule has 0 spiro atoms. The standard InChI is InChI=1S/C12H26N2O/c1-4-12(2,13)10-14(3)9-11-7-5-6-8-15-11/h11H,4-10,13H2,1-3H3. The molecule has 1 aliphatic heterocycles. The van der Waals surface area contributed by atoms with Crippen LogP contribution in [0.1, 0.15) is 39.5 Å². The summed E-state index contributed by atoms with van der Waals surface area (Å²) in [5, 5.41) is 0. The number of likely N-dealkylation sites (N-methyl/N-ethyl adjacent to an activating group) is 1. The third-order valence-corrected chi connectivity index (χ3v) is 3.23. The summed E-state index contributed by atoms with van der Waals surface area (Å²) >= 11 is 0. The molecule has 2 unspecified atom stereocenters. The fourth-order valence-corrected chi connectivity index (χ4v) is 2.09. The Kier molecular flexibility index (Phi) is 5.03. The summed E-state index contributed by atoms with van der Waals surface area (Å²) < 4.78 is 5.71. The van der Waals surface area contributed by atoms with Gasteiger partial charge in [-0.1, -0.05) is 6.92 Å². The molecule has 15 heavy (non-hydrogen) atoms. The van der Waals surface area contributed by atoms with E-state index in [1.165, 1.54) is 19.3 Å². The average molecular weight is 214 g/mol. The minimum absolute atomic E-state index is 0.0661. The van der Waals surface area contributed by atoms with Crippen LogP contribution in [0.4, 0.5) is 0 Å². The normalized spacial score (nSPS) is 26.6. The molecule has 0 amide bonds. The van der Waals surface area contributed by atoms with Gasteiger partial charge in [0.2, 0.25) is 0 Å². The fraction of sp³-hybridized carbons (Fsp3) is 1.00. The molecule has 0 radical (unpaired) electrons. The van der Waals surface area contributed by atoms with E-state index in [1.807, 2.05) is 0 Å². The number of rotatable bonds is 5. The van der Waals surface area contributed by atoms with E-state index in [9.17, 15) is 0 Å². The van der Waals surface area contributed by atoms with Gasteiger partial charge >= 0.3 is 0 Å². The van der Waals surface area contributed by atoms with Gasteiger partial charge in [0.25, 0.3) is 0 Å². The predicted molar refractivity (Wildman–Crippen MR) is 64.0 cm³/mol. The zero-order valence-corrected chi connectivity index (χ0v) is 10.5. The summed E-state index contributed by atoms with van der Waals surface area (Å²) in [6.45, 7) is 7.17. The number of ether oxygens (including phenoxy) is 1. The van der Waals surface area contributed by atoms with Crippen molar-refractivity contribution in [3.63, 3.8) is 0 Å². The van der Waals surface area contributed by atoms with Crippen molar-refractivity contribution >= 4 is 0 Å². The Morgan fingerprint density at radius 2 is 2.20 bits per heavy atom. The van der Waals surface area contributed by atoms with Crippen molar-refractivity contribution in [1.82, 2.24) is 4.90 Å². The molecule has 1 rings (SSSR count). The Bertz CT molecular complexity index is 176. The molecule has 0 bridgehead atoms. The first-order valence-electron chi connectivity index (χ1n) is 6.12. The highest BCUT2D eigenvalue weighted by Crippen LogP contribution is 2.14. The van der Waals surface area contributed by atoms with E-state index in [4.69, 9.17) is 10.5 Å². The first-order chi connectivity index (χ1) is 7.03. The van der Waals surface area contributed by atoms with E-state index in [0.717, 1.165) is 26.1 Å². The molecule has 1 aliphatic rings. The van der Waals surface area contributed by atoms with Gasteiger partial charge in [-0.3, -0.25) is 0 Å². The van der Waals surface area contributed by atoms with E-state index in [0.29, 0.717) is 6.10 Å². The van der Waals surface area contributed by atoms with Gasteiger partial charge in [0.1, 0.15) is 0 Å². The smallest absolute Gasteiger partial charge is 0.0701 e. The predicted octanol–water partition coefficient (Wildman–Crippen LogP) is 1.61. The van der Waals surface area contributed by atoms with Gasteiger partial charge in [0, 0.05) is 25.2 Å². The zero-order chi connectivity index (χ0) is 11.3. The molecule has 3 heteroatoms. The second-order valence-corrected chi connectivity index (χ2v) is 5.19. The quantitative estimate of drug-likeness (QED) is 0.755. The maximum atomic E-state index is 6.14. The van der Waals surface area contributed by atoms with Crippen molar-refractivity contribution in [2.75, 3.05) is 26.7 Å². The van der Waals surface area contributed by atoms with Crippen LogP contribution in [0.15, 0.2) is 0 Å². The van der Waals surface area contributed by atoms with Crippen LogP contribution < -0.4 is 5.73 Å². The monoisotopic (exact) mass is 214 g/mol. The van der Waals surface area contributed by atoms with Crippen molar-refractivity contribution in [3.05, 3.63) is 0 Å². The molecule has 0 aromatic heterocycles. The summed E-state index contributed by atoms with van der Waals surface area (Å²) in [4.78, 5) is 2.31. The van der Waals surface area contributed by atoms with Crippen molar-refractivity contribution in [3.8, 4) is 0 Å². The molecule has 1 saturated heterocycles. The van der Waals surface area contributed by atoms with Gasteiger partial charge in [-0.15, -0.1) is 0 Å². The number of hydrogen-bond donors (Lipinski definition) is 1. The largest absolute Gasteiger partial charge is 0.377 e. The van der Waals surface area contributed by atoms with Crippen LogP contribution in [-0.4, -0.2) is 43.3 Å². The fourth-order valence-electron chi connectivity index (χ4n) is 2.09. The van der Waals surface area contributed by atoms with Crippen LogP contribution in [0.25, 0.3) is 0 Å². The van der Waals surface area contributed by atoms with Gasteiger partial charge < -0.3 is 15.4 Å². The maximum absolute atomic E-state index is 6.14. The third-order valence-electron chi connectivity index (χ3n) is 3.23. The molecule has 0 saturated carbocycles. The Morgan fingerprint density at radius 3 is 2.73 bits per heavy atom. The van der Waals surface area contributed by atoms with Crippen LogP contribution in [-0.2, 0) is 4.74 Å². The van der Waals surface area contributed by atoms with Crippen molar-refractivity contribution in [2.45, 2.75) is 51.2 Å². The van der Waals surface area contributed by atoms with Crippen molar-refractivity contribution < 1.29 is 4.74 Å². The van der Waals surface area contributed by atoms with Gasteiger partial charge in [-0.2, -0.15) is 0 Å². The second-order valence-electron chi connectivity index (χ2n) is 5.19. The molecule has 1 fully saturated rings. The van der Waals surface area contributed by atoms with Crippen LogP contribution in [0.3, 0.4) is 0 Å². The Hall–Kier alpha value is -0.120. The first-order valence-corrected chi connectivity index (χ1v) is 6.12. The van der Waals surface area contributed by atoms with E-state index >= 15 is 0 Å². The summed E-state index contributed by atoms with van der Waals surface area (Å²) in [6.07, 6.45) is 5.19. The summed E-state index contributed by atoms with van der Waals surface area (Å²) in [5.41, 5.74) is 6.07. The molecule has 90 valence electrons. The lowest BCUT2D eigenvalue weighted by Crippen LogP contribution is -2.48. The lowest BCUT2D eigenvalue weighted by atomic mass is 9.99. The van der Waals surface area contributed by atoms with Crippen LogP contribution in [0, 0.1) is 0 Å². The van der Waals surface area contributed by atoms with Gasteiger partial charge in [-0.05, 0) is 39.7 Å². The molecule has 3 nitrogen and oxygen atoms in total. The summed E-state index contributed by atoms with van der Waals surface area (Å²) in [6, 6.07) is 0. The Morgan fingerprint density at radius 1 is 1.47 bits per heavy atom. The molecular weight excluding hydrogens is 188 g/mol. The third kappa shape index (κ3) is 4.96. The molecule has 2 atom stereocenters. The topological polar surface area (TPSA) is 38.5 Å². The van der Waals surface area contributed by atoms with Gasteiger partial charge in [-0.25, -0.2) is 0 Å². The first kappa shape index (κ1) is 12.9. The lowest BCUT2D eigenvalue weighted by molar-refractivity contribution is -0.00400. The van der Waals surface area contributed by atoms with E-state index in [2.05, 4.69) is 25.8 Å². The summed E-state index contributed by atoms with van der Waals surface area (Å²) in [7, 11) is 2.14. The average Bonchev–Trinajstić information content (AvgIpc) is 2.18. The summed E-state index contributed by atoms with van der Waals surface area (Å²) in [5.74, 6) is 0. The minimum Gasteiger partial charge on any atom is -0.377 e. The number of nitrogens with two attached hydrogens (primary N) is 1. The Labute approximate surface area is 94.0 Å². The molecule has 0 aromatic rings. The SMILES string of the molecule is CCC(C)(N)CN(C)CC1CCCCO1. The molecule has 1 heterocycles. The molecular formula is C12H26N2O. The highest BCUT2D eigenvalue weighted by atomic mass is 16.5. The minimum atomic E-state index is -0.0661. The zero-order valence-electron chi connectivity index (χ0n) is 10.5.